The van der Waals surface area contributed by atoms with Crippen LogP contribution in [0.1, 0.15) is 22.8 Å². The first-order chi connectivity index (χ1) is 9.62. The highest BCUT2D eigenvalue weighted by molar-refractivity contribution is 5.95. The van der Waals surface area contributed by atoms with E-state index in [-0.39, 0.29) is 17.8 Å². The third-order valence-corrected chi connectivity index (χ3v) is 2.95. The molecule has 0 aromatic heterocycles. The summed E-state index contributed by atoms with van der Waals surface area (Å²) in [6, 6.07) is 4.30. The van der Waals surface area contributed by atoms with E-state index in [1.54, 1.807) is 13.8 Å². The van der Waals surface area contributed by atoms with Crippen LogP contribution in [0.4, 0.5) is 5.69 Å². The first-order valence-corrected chi connectivity index (χ1v) is 6.53. The van der Waals surface area contributed by atoms with Gasteiger partial charge >= 0.3 is 0 Å². The fraction of sp³-hybridized carbons (Fsp3) is 0.500. The number of aryl methyl sites for hydroxylation is 1. The lowest BCUT2D eigenvalue weighted by Crippen LogP contribution is -2.47. The monoisotopic (exact) mass is 295 g/mol. The Morgan fingerprint density at radius 2 is 2.10 bits per heavy atom. The Bertz CT molecular complexity index is 541. The fourth-order valence-electron chi connectivity index (χ4n) is 2.06. The molecule has 0 saturated carbocycles. The van der Waals surface area contributed by atoms with Crippen LogP contribution in [-0.4, -0.2) is 53.6 Å². The second-order valence-corrected chi connectivity index (χ2v) is 5.68. The van der Waals surface area contributed by atoms with Crippen molar-refractivity contribution in [2.45, 2.75) is 19.4 Å². The van der Waals surface area contributed by atoms with Gasteiger partial charge in [-0.05, 0) is 34.0 Å². The molecule has 0 aliphatic carbocycles. The van der Waals surface area contributed by atoms with Crippen LogP contribution >= 0.6 is 0 Å². The summed E-state index contributed by atoms with van der Waals surface area (Å²) in [4.78, 5) is 24.2. The average Bonchev–Trinajstić information content (AvgIpc) is 2.34. The van der Waals surface area contributed by atoms with E-state index in [2.05, 4.69) is 5.32 Å². The van der Waals surface area contributed by atoms with Crippen LogP contribution in [0.2, 0.25) is 0 Å². The van der Waals surface area contributed by atoms with Crippen molar-refractivity contribution in [1.29, 1.82) is 0 Å². The highest BCUT2D eigenvalue weighted by Crippen LogP contribution is 2.19. The first-order valence-electron chi connectivity index (χ1n) is 6.53. The maximum Gasteiger partial charge on any atom is 0.273 e. The summed E-state index contributed by atoms with van der Waals surface area (Å²) in [6.07, 6.45) is 0. The molecule has 0 saturated heterocycles. The van der Waals surface area contributed by atoms with Crippen LogP contribution in [-0.2, 0) is 0 Å². The Morgan fingerprint density at radius 1 is 1.48 bits per heavy atom. The molecule has 0 fully saturated rings. The maximum atomic E-state index is 12.0. The number of hydrogen-bond acceptors (Lipinski definition) is 5. The number of likely N-dealkylation sites (N-methyl/N-ethyl adjacent to an activating group) is 1. The van der Waals surface area contributed by atoms with E-state index in [0.29, 0.717) is 12.1 Å². The summed E-state index contributed by atoms with van der Waals surface area (Å²) < 4.78 is 0. The van der Waals surface area contributed by atoms with Gasteiger partial charge in [-0.1, -0.05) is 6.07 Å². The molecule has 0 aliphatic heterocycles. The standard InChI is InChI=1S/C14H21N3O4/c1-10-5-6-11(7-12(10)17(20)21)13(18)15-8-14(2,19)9-16(3)4/h5-7,19H,8-9H2,1-4H3,(H,15,18). The van der Waals surface area contributed by atoms with Gasteiger partial charge in [0.05, 0.1) is 10.5 Å². The lowest BCUT2D eigenvalue weighted by atomic mass is 10.1. The van der Waals surface area contributed by atoms with E-state index in [1.165, 1.54) is 18.2 Å². The van der Waals surface area contributed by atoms with E-state index < -0.39 is 16.4 Å². The molecule has 116 valence electrons. The van der Waals surface area contributed by atoms with Crippen LogP contribution in [0, 0.1) is 17.0 Å². The van der Waals surface area contributed by atoms with Crippen molar-refractivity contribution in [2.24, 2.45) is 0 Å². The number of nitrogens with one attached hydrogen (secondary N) is 1. The third-order valence-electron chi connectivity index (χ3n) is 2.95. The zero-order chi connectivity index (χ0) is 16.2. The van der Waals surface area contributed by atoms with Gasteiger partial charge in [0.1, 0.15) is 0 Å². The van der Waals surface area contributed by atoms with Crippen LogP contribution in [0.15, 0.2) is 18.2 Å². The quantitative estimate of drug-likeness (QED) is 0.601. The predicted molar refractivity (Wildman–Crippen MR) is 79.3 cm³/mol. The number of aliphatic hydroxyl groups is 1. The van der Waals surface area contributed by atoms with Crippen LogP contribution in [0.5, 0.6) is 0 Å². The van der Waals surface area contributed by atoms with E-state index in [9.17, 15) is 20.0 Å². The SMILES string of the molecule is Cc1ccc(C(=O)NCC(C)(O)CN(C)C)cc1[N+](=O)[O-]. The van der Waals surface area contributed by atoms with E-state index >= 15 is 0 Å². The molecule has 1 amide bonds. The molecule has 7 heteroatoms. The summed E-state index contributed by atoms with van der Waals surface area (Å²) >= 11 is 0. The summed E-state index contributed by atoms with van der Waals surface area (Å²) in [5.74, 6) is -0.447. The highest BCUT2D eigenvalue weighted by atomic mass is 16.6. The van der Waals surface area contributed by atoms with Gasteiger partial charge in [0.25, 0.3) is 11.6 Å². The second-order valence-electron chi connectivity index (χ2n) is 5.68. The molecule has 1 aromatic rings. The molecule has 0 bridgehead atoms. The second kappa shape index (κ2) is 6.64. The molecule has 0 heterocycles. The van der Waals surface area contributed by atoms with Gasteiger partial charge in [-0.25, -0.2) is 0 Å². The normalized spacial score (nSPS) is 13.8. The molecule has 2 N–H and O–H groups in total. The molecule has 1 atom stereocenters. The summed E-state index contributed by atoms with van der Waals surface area (Å²) in [6.45, 7) is 3.68. The number of carbonyl (C=O) groups excluding carboxylic acids is 1. The van der Waals surface area contributed by atoms with Gasteiger partial charge in [0, 0.05) is 30.3 Å². The van der Waals surface area contributed by atoms with Gasteiger partial charge in [-0.15, -0.1) is 0 Å². The molecule has 0 spiro atoms. The smallest absolute Gasteiger partial charge is 0.273 e. The van der Waals surface area contributed by atoms with E-state index in [4.69, 9.17) is 0 Å². The third kappa shape index (κ3) is 5.13. The summed E-state index contributed by atoms with van der Waals surface area (Å²) in [7, 11) is 3.64. The molecular weight excluding hydrogens is 274 g/mol. The number of carbonyl (C=O) groups is 1. The van der Waals surface area contributed by atoms with Crippen LogP contribution < -0.4 is 5.32 Å². The number of nitro groups is 1. The number of nitro benzene ring substituents is 1. The Hall–Kier alpha value is -1.99. The topological polar surface area (TPSA) is 95.7 Å². The van der Waals surface area contributed by atoms with Crippen molar-refractivity contribution >= 4 is 11.6 Å². The van der Waals surface area contributed by atoms with Crippen molar-refractivity contribution in [3.63, 3.8) is 0 Å². The van der Waals surface area contributed by atoms with Gasteiger partial charge < -0.3 is 15.3 Å². The number of hydrogen-bond donors (Lipinski definition) is 2. The van der Waals surface area contributed by atoms with Gasteiger partial charge in [-0.3, -0.25) is 14.9 Å². The number of amides is 1. The molecule has 21 heavy (non-hydrogen) atoms. The molecule has 7 nitrogen and oxygen atoms in total. The zero-order valence-electron chi connectivity index (χ0n) is 12.7. The zero-order valence-corrected chi connectivity index (χ0v) is 12.7. The fourth-order valence-corrected chi connectivity index (χ4v) is 2.06. The van der Waals surface area contributed by atoms with Gasteiger partial charge in [0.2, 0.25) is 0 Å². The van der Waals surface area contributed by atoms with Gasteiger partial charge in [0.15, 0.2) is 0 Å². The predicted octanol–water partition coefficient (Wildman–Crippen LogP) is 0.946. The minimum Gasteiger partial charge on any atom is -0.387 e. The van der Waals surface area contributed by atoms with Crippen molar-refractivity contribution in [1.82, 2.24) is 10.2 Å². The molecule has 0 radical (unpaired) electrons. The molecule has 1 aromatic carbocycles. The average molecular weight is 295 g/mol. The minimum atomic E-state index is -1.07. The lowest BCUT2D eigenvalue weighted by molar-refractivity contribution is -0.385. The van der Waals surface area contributed by atoms with Crippen molar-refractivity contribution in [3.8, 4) is 0 Å². The highest BCUT2D eigenvalue weighted by Gasteiger charge is 2.23. The summed E-state index contributed by atoms with van der Waals surface area (Å²) in [5.41, 5.74) is -0.470. The van der Waals surface area contributed by atoms with Crippen molar-refractivity contribution < 1.29 is 14.8 Å². The molecule has 0 aliphatic rings. The Kier molecular flexibility index (Phi) is 5.40. The first kappa shape index (κ1) is 17.1. The number of benzene rings is 1. The largest absolute Gasteiger partial charge is 0.387 e. The molecule has 1 unspecified atom stereocenters. The van der Waals surface area contributed by atoms with Gasteiger partial charge in [-0.2, -0.15) is 0 Å². The van der Waals surface area contributed by atoms with Crippen LogP contribution in [0.25, 0.3) is 0 Å². The number of rotatable bonds is 6. The van der Waals surface area contributed by atoms with Crippen molar-refractivity contribution in [2.75, 3.05) is 27.2 Å². The van der Waals surface area contributed by atoms with E-state index in [1.807, 2.05) is 19.0 Å². The minimum absolute atomic E-state index is 0.0612. The maximum absolute atomic E-state index is 12.0. The summed E-state index contributed by atoms with van der Waals surface area (Å²) in [5, 5.41) is 23.6. The molecular formula is C14H21N3O4. The number of nitrogens with zero attached hydrogens (tertiary/aromatic N) is 2. The Balaban J connectivity index is 2.77. The van der Waals surface area contributed by atoms with Crippen LogP contribution in [0.3, 0.4) is 0 Å². The Labute approximate surface area is 123 Å². The molecule has 1 rings (SSSR count). The van der Waals surface area contributed by atoms with E-state index in [0.717, 1.165) is 0 Å². The lowest BCUT2D eigenvalue weighted by Gasteiger charge is -2.27. The van der Waals surface area contributed by atoms with Crippen molar-refractivity contribution in [3.05, 3.63) is 39.4 Å². The Morgan fingerprint density at radius 3 is 2.62 bits per heavy atom.